The van der Waals surface area contributed by atoms with Crippen molar-refractivity contribution in [3.05, 3.63) is 64.3 Å². The standard InChI is InChI=1S/C18H14BrNO4/c1-2-23-18(22)16-15(13-8-3-4-9-14(13)24-16)20-17(21)11-6-5-7-12(19)10-11/h3-10H,2H2,1H3,(H,20,21). The summed E-state index contributed by atoms with van der Waals surface area (Å²) in [4.78, 5) is 24.6. The first-order valence-electron chi connectivity index (χ1n) is 7.35. The van der Waals surface area contributed by atoms with E-state index in [1.54, 1.807) is 43.3 Å². The number of anilines is 1. The predicted octanol–water partition coefficient (Wildman–Crippen LogP) is 4.62. The predicted molar refractivity (Wildman–Crippen MR) is 94.3 cm³/mol. The van der Waals surface area contributed by atoms with Crippen LogP contribution in [0.25, 0.3) is 11.0 Å². The maximum atomic E-state index is 12.5. The van der Waals surface area contributed by atoms with Gasteiger partial charge in [0.2, 0.25) is 5.76 Å². The van der Waals surface area contributed by atoms with Gasteiger partial charge in [-0.2, -0.15) is 0 Å². The normalized spacial score (nSPS) is 10.6. The highest BCUT2D eigenvalue weighted by molar-refractivity contribution is 9.10. The van der Waals surface area contributed by atoms with Gasteiger partial charge in [0, 0.05) is 15.4 Å². The second-order valence-corrected chi connectivity index (χ2v) is 5.90. The number of para-hydroxylation sites is 1. The Morgan fingerprint density at radius 1 is 1.17 bits per heavy atom. The zero-order valence-electron chi connectivity index (χ0n) is 12.8. The van der Waals surface area contributed by atoms with Crippen LogP contribution in [0.2, 0.25) is 0 Å². The van der Waals surface area contributed by atoms with Gasteiger partial charge in [-0.05, 0) is 37.3 Å². The van der Waals surface area contributed by atoms with Crippen LogP contribution in [0.1, 0.15) is 27.8 Å². The van der Waals surface area contributed by atoms with Crippen molar-refractivity contribution in [3.8, 4) is 0 Å². The molecule has 0 radical (unpaired) electrons. The Kier molecular flexibility index (Phi) is 4.66. The lowest BCUT2D eigenvalue weighted by Crippen LogP contribution is -2.14. The second-order valence-electron chi connectivity index (χ2n) is 4.99. The maximum absolute atomic E-state index is 12.5. The number of esters is 1. The molecule has 0 aliphatic carbocycles. The summed E-state index contributed by atoms with van der Waals surface area (Å²) < 4.78 is 11.4. The molecule has 6 heteroatoms. The lowest BCUT2D eigenvalue weighted by molar-refractivity contribution is 0.0494. The first-order chi connectivity index (χ1) is 11.6. The minimum Gasteiger partial charge on any atom is -0.460 e. The van der Waals surface area contributed by atoms with E-state index in [1.807, 2.05) is 12.1 Å². The number of amides is 1. The van der Waals surface area contributed by atoms with Gasteiger partial charge in [0.25, 0.3) is 5.91 Å². The van der Waals surface area contributed by atoms with E-state index >= 15 is 0 Å². The highest BCUT2D eigenvalue weighted by Gasteiger charge is 2.23. The molecule has 0 unspecified atom stereocenters. The number of hydrogen-bond donors (Lipinski definition) is 1. The molecule has 0 saturated carbocycles. The van der Waals surface area contributed by atoms with Gasteiger partial charge in [-0.1, -0.05) is 34.1 Å². The molecule has 122 valence electrons. The Morgan fingerprint density at radius 3 is 2.71 bits per heavy atom. The van der Waals surface area contributed by atoms with Crippen LogP contribution in [0.3, 0.4) is 0 Å². The molecular weight excluding hydrogens is 374 g/mol. The quantitative estimate of drug-likeness (QED) is 0.662. The van der Waals surface area contributed by atoms with Gasteiger partial charge in [0.05, 0.1) is 6.61 Å². The summed E-state index contributed by atoms with van der Waals surface area (Å²) in [6.07, 6.45) is 0. The fourth-order valence-corrected chi connectivity index (χ4v) is 2.72. The fraction of sp³-hybridized carbons (Fsp3) is 0.111. The Labute approximate surface area is 146 Å². The summed E-state index contributed by atoms with van der Waals surface area (Å²) in [7, 11) is 0. The zero-order valence-corrected chi connectivity index (χ0v) is 14.4. The van der Waals surface area contributed by atoms with E-state index in [0.29, 0.717) is 22.2 Å². The number of hydrogen-bond acceptors (Lipinski definition) is 4. The van der Waals surface area contributed by atoms with Crippen molar-refractivity contribution < 1.29 is 18.7 Å². The minimum absolute atomic E-state index is 0.0126. The van der Waals surface area contributed by atoms with Crippen molar-refractivity contribution in [2.24, 2.45) is 0 Å². The summed E-state index contributed by atoms with van der Waals surface area (Å²) >= 11 is 3.33. The number of rotatable bonds is 4. The molecule has 3 rings (SSSR count). The van der Waals surface area contributed by atoms with Gasteiger partial charge >= 0.3 is 5.97 Å². The molecule has 1 heterocycles. The Hall–Kier alpha value is -2.60. The average molecular weight is 388 g/mol. The van der Waals surface area contributed by atoms with Gasteiger partial charge < -0.3 is 14.5 Å². The summed E-state index contributed by atoms with van der Waals surface area (Å²) in [5.74, 6) is -0.965. The SMILES string of the molecule is CCOC(=O)c1oc2ccccc2c1NC(=O)c1cccc(Br)c1. The first-order valence-corrected chi connectivity index (χ1v) is 8.15. The van der Waals surface area contributed by atoms with Crippen LogP contribution in [0.4, 0.5) is 5.69 Å². The Balaban J connectivity index is 2.02. The molecule has 24 heavy (non-hydrogen) atoms. The molecule has 2 aromatic carbocycles. The third-order valence-electron chi connectivity index (χ3n) is 3.38. The van der Waals surface area contributed by atoms with E-state index in [0.717, 1.165) is 4.47 Å². The number of furan rings is 1. The number of carbonyl (C=O) groups excluding carboxylic acids is 2. The number of benzene rings is 2. The van der Waals surface area contributed by atoms with Crippen molar-refractivity contribution in [1.29, 1.82) is 0 Å². The minimum atomic E-state index is -0.613. The molecular formula is C18H14BrNO4. The Bertz CT molecular complexity index is 916. The molecule has 1 amide bonds. The van der Waals surface area contributed by atoms with Crippen LogP contribution in [-0.2, 0) is 4.74 Å². The highest BCUT2D eigenvalue weighted by Crippen LogP contribution is 2.32. The summed E-state index contributed by atoms with van der Waals surface area (Å²) in [5, 5.41) is 3.40. The van der Waals surface area contributed by atoms with Crippen molar-refractivity contribution in [1.82, 2.24) is 0 Å². The van der Waals surface area contributed by atoms with E-state index < -0.39 is 5.97 Å². The molecule has 0 saturated heterocycles. The molecule has 0 fully saturated rings. The lowest BCUT2D eigenvalue weighted by Gasteiger charge is -2.06. The van der Waals surface area contributed by atoms with Gasteiger partial charge in [-0.25, -0.2) is 4.79 Å². The van der Waals surface area contributed by atoms with Crippen LogP contribution in [-0.4, -0.2) is 18.5 Å². The van der Waals surface area contributed by atoms with E-state index in [1.165, 1.54) is 0 Å². The topological polar surface area (TPSA) is 68.5 Å². The number of halogens is 1. The van der Waals surface area contributed by atoms with Crippen LogP contribution in [0.5, 0.6) is 0 Å². The summed E-state index contributed by atoms with van der Waals surface area (Å²) in [6.45, 7) is 1.93. The maximum Gasteiger partial charge on any atom is 0.376 e. The molecule has 5 nitrogen and oxygen atoms in total. The average Bonchev–Trinajstić information content (AvgIpc) is 2.94. The van der Waals surface area contributed by atoms with Crippen molar-refractivity contribution in [2.75, 3.05) is 11.9 Å². The molecule has 0 spiro atoms. The van der Waals surface area contributed by atoms with E-state index in [9.17, 15) is 9.59 Å². The van der Waals surface area contributed by atoms with Crippen LogP contribution in [0, 0.1) is 0 Å². The number of ether oxygens (including phenoxy) is 1. The molecule has 3 aromatic rings. The van der Waals surface area contributed by atoms with Crippen molar-refractivity contribution in [2.45, 2.75) is 6.92 Å². The number of fused-ring (bicyclic) bond motifs is 1. The van der Waals surface area contributed by atoms with Crippen LogP contribution < -0.4 is 5.32 Å². The van der Waals surface area contributed by atoms with Crippen LogP contribution in [0.15, 0.2) is 57.4 Å². The van der Waals surface area contributed by atoms with E-state index in [4.69, 9.17) is 9.15 Å². The monoisotopic (exact) mass is 387 g/mol. The summed E-state index contributed by atoms with van der Waals surface area (Å²) in [6, 6.07) is 14.1. The molecule has 0 bridgehead atoms. The lowest BCUT2D eigenvalue weighted by atomic mass is 10.2. The first kappa shape index (κ1) is 16.3. The van der Waals surface area contributed by atoms with Gasteiger partial charge in [0.1, 0.15) is 11.3 Å². The molecule has 0 atom stereocenters. The zero-order chi connectivity index (χ0) is 17.1. The van der Waals surface area contributed by atoms with Crippen molar-refractivity contribution in [3.63, 3.8) is 0 Å². The molecule has 0 aliphatic rings. The Morgan fingerprint density at radius 2 is 1.96 bits per heavy atom. The van der Waals surface area contributed by atoms with Gasteiger partial charge in [-0.15, -0.1) is 0 Å². The van der Waals surface area contributed by atoms with Gasteiger partial charge in [0.15, 0.2) is 0 Å². The number of nitrogens with one attached hydrogen (secondary N) is 1. The summed E-state index contributed by atoms with van der Waals surface area (Å²) in [5.41, 5.74) is 1.28. The second kappa shape index (κ2) is 6.88. The smallest absolute Gasteiger partial charge is 0.376 e. The van der Waals surface area contributed by atoms with Gasteiger partial charge in [-0.3, -0.25) is 4.79 Å². The molecule has 1 aromatic heterocycles. The third kappa shape index (κ3) is 3.19. The van der Waals surface area contributed by atoms with E-state index in [-0.39, 0.29) is 18.3 Å². The number of carbonyl (C=O) groups is 2. The third-order valence-corrected chi connectivity index (χ3v) is 3.87. The molecule has 1 N–H and O–H groups in total. The molecule has 0 aliphatic heterocycles. The van der Waals surface area contributed by atoms with Crippen LogP contribution >= 0.6 is 15.9 Å². The highest BCUT2D eigenvalue weighted by atomic mass is 79.9. The van der Waals surface area contributed by atoms with E-state index in [2.05, 4.69) is 21.2 Å². The largest absolute Gasteiger partial charge is 0.460 e. The van der Waals surface area contributed by atoms with Crippen molar-refractivity contribution >= 4 is 44.5 Å². The fourth-order valence-electron chi connectivity index (χ4n) is 2.33.